The number of fused-ring (bicyclic) bond motifs is 1. The molecule has 2 aromatic carbocycles. The lowest BCUT2D eigenvalue weighted by Crippen LogP contribution is -2.39. The zero-order valence-electron chi connectivity index (χ0n) is 13.4. The van der Waals surface area contributed by atoms with E-state index in [1.165, 1.54) is 11.1 Å². The van der Waals surface area contributed by atoms with Crippen LogP contribution in [-0.4, -0.2) is 5.91 Å². The van der Waals surface area contributed by atoms with Crippen molar-refractivity contribution in [2.24, 2.45) is 0 Å². The molecule has 0 aliphatic carbocycles. The fourth-order valence-electron chi connectivity index (χ4n) is 2.86. The van der Waals surface area contributed by atoms with Crippen molar-refractivity contribution in [3.8, 4) is 0 Å². The summed E-state index contributed by atoms with van der Waals surface area (Å²) >= 11 is 5.92. The molecule has 120 valence electrons. The van der Waals surface area contributed by atoms with Crippen molar-refractivity contribution in [1.29, 1.82) is 0 Å². The third-order valence-corrected chi connectivity index (χ3v) is 4.74. The fraction of sp³-hybridized carbons (Fsp3) is 0.316. The van der Waals surface area contributed by atoms with E-state index in [1.807, 2.05) is 38.1 Å². The van der Waals surface area contributed by atoms with Gasteiger partial charge >= 0.3 is 0 Å². The number of hydrogen-bond donors (Lipinski definition) is 2. The van der Waals surface area contributed by atoms with Gasteiger partial charge in [-0.1, -0.05) is 41.9 Å². The van der Waals surface area contributed by atoms with Gasteiger partial charge in [0.2, 0.25) is 5.91 Å². The predicted octanol–water partition coefficient (Wildman–Crippen LogP) is 3.54. The Labute approximate surface area is 142 Å². The van der Waals surface area contributed by atoms with Gasteiger partial charge in [-0.15, -0.1) is 0 Å². The van der Waals surface area contributed by atoms with E-state index in [1.54, 1.807) is 0 Å². The van der Waals surface area contributed by atoms with Gasteiger partial charge in [-0.05, 0) is 48.2 Å². The number of amides is 1. The summed E-state index contributed by atoms with van der Waals surface area (Å²) in [6.45, 7) is 6.25. The summed E-state index contributed by atoms with van der Waals surface area (Å²) < 4.78 is 0. The Hall–Kier alpha value is -1.84. The lowest BCUT2D eigenvalue weighted by molar-refractivity contribution is -0.125. The SMILES string of the molecule is CC(C)(C(=O)NCc1ccc2c(c1)CNC2)c1ccc(Cl)cc1. The Balaban J connectivity index is 1.67. The van der Waals surface area contributed by atoms with Crippen molar-refractivity contribution in [2.75, 3.05) is 0 Å². The van der Waals surface area contributed by atoms with Crippen LogP contribution in [0.2, 0.25) is 5.02 Å². The molecule has 3 nitrogen and oxygen atoms in total. The summed E-state index contributed by atoms with van der Waals surface area (Å²) in [7, 11) is 0. The molecule has 0 atom stereocenters. The zero-order valence-corrected chi connectivity index (χ0v) is 14.2. The van der Waals surface area contributed by atoms with E-state index >= 15 is 0 Å². The summed E-state index contributed by atoms with van der Waals surface area (Å²) in [5, 5.41) is 7.06. The van der Waals surface area contributed by atoms with E-state index in [9.17, 15) is 4.79 Å². The molecule has 0 fully saturated rings. The summed E-state index contributed by atoms with van der Waals surface area (Å²) in [6, 6.07) is 13.8. The zero-order chi connectivity index (χ0) is 16.4. The van der Waals surface area contributed by atoms with E-state index in [-0.39, 0.29) is 5.91 Å². The maximum Gasteiger partial charge on any atom is 0.230 e. The van der Waals surface area contributed by atoms with Gasteiger partial charge in [-0.25, -0.2) is 0 Å². The molecule has 4 heteroatoms. The van der Waals surface area contributed by atoms with Gasteiger partial charge in [0.05, 0.1) is 5.41 Å². The van der Waals surface area contributed by atoms with Crippen LogP contribution in [0.1, 0.15) is 36.1 Å². The molecule has 0 bridgehead atoms. The third-order valence-electron chi connectivity index (χ3n) is 4.49. The minimum absolute atomic E-state index is 0.0124. The average Bonchev–Trinajstić information content (AvgIpc) is 3.00. The van der Waals surface area contributed by atoms with Gasteiger partial charge in [0.1, 0.15) is 0 Å². The molecule has 2 N–H and O–H groups in total. The highest BCUT2D eigenvalue weighted by Gasteiger charge is 2.29. The number of nitrogens with one attached hydrogen (secondary N) is 2. The monoisotopic (exact) mass is 328 g/mol. The Kier molecular flexibility index (Phi) is 4.42. The summed E-state index contributed by atoms with van der Waals surface area (Å²) in [5.41, 5.74) is 4.17. The predicted molar refractivity (Wildman–Crippen MR) is 93.3 cm³/mol. The minimum Gasteiger partial charge on any atom is -0.351 e. The third kappa shape index (κ3) is 3.41. The van der Waals surface area contributed by atoms with Crippen LogP contribution in [0.5, 0.6) is 0 Å². The molecule has 1 aliphatic heterocycles. The van der Waals surface area contributed by atoms with Crippen molar-refractivity contribution in [2.45, 2.75) is 38.9 Å². The molecule has 0 saturated heterocycles. The standard InChI is InChI=1S/C19H21ClN2O/c1-19(2,16-5-7-17(20)8-6-16)18(23)22-10-13-3-4-14-11-21-12-15(14)9-13/h3-9,21H,10-12H2,1-2H3,(H,22,23). The number of rotatable bonds is 4. The average molecular weight is 329 g/mol. The molecule has 23 heavy (non-hydrogen) atoms. The van der Waals surface area contributed by atoms with Gasteiger partial charge < -0.3 is 10.6 Å². The quantitative estimate of drug-likeness (QED) is 0.901. The second-order valence-electron chi connectivity index (χ2n) is 6.52. The van der Waals surface area contributed by atoms with Gasteiger partial charge in [0.25, 0.3) is 0 Å². The second-order valence-corrected chi connectivity index (χ2v) is 6.96. The van der Waals surface area contributed by atoms with Crippen LogP contribution >= 0.6 is 11.6 Å². The Morgan fingerprint density at radius 2 is 1.83 bits per heavy atom. The van der Waals surface area contributed by atoms with Gasteiger partial charge in [-0.3, -0.25) is 4.79 Å². The highest BCUT2D eigenvalue weighted by Crippen LogP contribution is 2.25. The Bertz CT molecular complexity index is 723. The summed E-state index contributed by atoms with van der Waals surface area (Å²) in [4.78, 5) is 12.6. The first-order valence-corrected chi connectivity index (χ1v) is 8.20. The minimum atomic E-state index is -0.594. The maximum atomic E-state index is 12.6. The van der Waals surface area contributed by atoms with Crippen LogP contribution in [0, 0.1) is 0 Å². The first-order valence-electron chi connectivity index (χ1n) is 7.82. The van der Waals surface area contributed by atoms with E-state index in [2.05, 4.69) is 28.8 Å². The first-order chi connectivity index (χ1) is 11.0. The molecule has 2 aromatic rings. The lowest BCUT2D eigenvalue weighted by Gasteiger charge is -2.24. The molecular formula is C19H21ClN2O. The number of carbonyl (C=O) groups excluding carboxylic acids is 1. The molecule has 0 spiro atoms. The van der Waals surface area contributed by atoms with Crippen LogP contribution in [0.25, 0.3) is 0 Å². The molecule has 1 amide bonds. The van der Waals surface area contributed by atoms with E-state index in [4.69, 9.17) is 11.6 Å². The molecule has 3 rings (SSSR count). The molecule has 0 unspecified atom stereocenters. The molecule has 0 aromatic heterocycles. The highest BCUT2D eigenvalue weighted by molar-refractivity contribution is 6.30. The van der Waals surface area contributed by atoms with E-state index in [0.717, 1.165) is 24.2 Å². The van der Waals surface area contributed by atoms with E-state index in [0.29, 0.717) is 11.6 Å². The van der Waals surface area contributed by atoms with Crippen LogP contribution in [0.4, 0.5) is 0 Å². The second kappa shape index (κ2) is 6.34. The van der Waals surface area contributed by atoms with Crippen LogP contribution in [0.15, 0.2) is 42.5 Å². The smallest absolute Gasteiger partial charge is 0.230 e. The fourth-order valence-corrected chi connectivity index (χ4v) is 2.99. The first kappa shape index (κ1) is 16.0. The maximum absolute atomic E-state index is 12.6. The van der Waals surface area contributed by atoms with Crippen molar-refractivity contribution in [3.05, 3.63) is 69.7 Å². The van der Waals surface area contributed by atoms with E-state index < -0.39 is 5.41 Å². The van der Waals surface area contributed by atoms with Gasteiger partial charge in [0, 0.05) is 24.7 Å². The molecule has 1 aliphatic rings. The van der Waals surface area contributed by atoms with Crippen molar-refractivity contribution in [1.82, 2.24) is 10.6 Å². The molecule has 1 heterocycles. The number of halogens is 1. The topological polar surface area (TPSA) is 41.1 Å². The molecule has 0 radical (unpaired) electrons. The van der Waals surface area contributed by atoms with Crippen molar-refractivity contribution >= 4 is 17.5 Å². The van der Waals surface area contributed by atoms with Crippen molar-refractivity contribution in [3.63, 3.8) is 0 Å². The summed E-state index contributed by atoms with van der Waals surface area (Å²) in [6.07, 6.45) is 0. The lowest BCUT2D eigenvalue weighted by atomic mass is 9.83. The molecule has 0 saturated carbocycles. The number of carbonyl (C=O) groups is 1. The van der Waals surface area contributed by atoms with Crippen LogP contribution < -0.4 is 10.6 Å². The Morgan fingerprint density at radius 1 is 1.13 bits per heavy atom. The number of hydrogen-bond acceptors (Lipinski definition) is 2. The Morgan fingerprint density at radius 3 is 2.57 bits per heavy atom. The highest BCUT2D eigenvalue weighted by atomic mass is 35.5. The summed E-state index contributed by atoms with van der Waals surface area (Å²) in [5.74, 6) is 0.0124. The molecular weight excluding hydrogens is 308 g/mol. The largest absolute Gasteiger partial charge is 0.351 e. The van der Waals surface area contributed by atoms with Gasteiger partial charge in [-0.2, -0.15) is 0 Å². The van der Waals surface area contributed by atoms with Gasteiger partial charge in [0.15, 0.2) is 0 Å². The van der Waals surface area contributed by atoms with Crippen molar-refractivity contribution < 1.29 is 4.79 Å². The normalized spacial score (nSPS) is 13.7. The van der Waals surface area contributed by atoms with Crippen LogP contribution in [0.3, 0.4) is 0 Å². The van der Waals surface area contributed by atoms with Crippen LogP contribution in [-0.2, 0) is 29.8 Å². The number of benzene rings is 2.